The summed E-state index contributed by atoms with van der Waals surface area (Å²) >= 11 is 5.07. The molecule has 0 saturated carbocycles. The van der Waals surface area contributed by atoms with Crippen LogP contribution in [0.2, 0.25) is 0 Å². The first-order chi connectivity index (χ1) is 20.0. The molecule has 8 N–H and O–H groups in total. The number of aliphatic hydroxyl groups is 2. The van der Waals surface area contributed by atoms with Crippen LogP contribution in [-0.4, -0.2) is 99.1 Å². The Morgan fingerprint density at radius 1 is 1.12 bits per heavy atom. The fourth-order valence-electron chi connectivity index (χ4n) is 4.92. The molecule has 0 bridgehead atoms. The summed E-state index contributed by atoms with van der Waals surface area (Å²) < 4.78 is 54.9. The van der Waals surface area contributed by atoms with Gasteiger partial charge in [-0.15, -0.1) is 0 Å². The standard InChI is InChI=1S/C21H24F2N9O8PS/c22-10-8(3-33)38-20(32-6-28-12-17(32)29-21(25)30-18(12)35)14(10)40-41(36,42)37-4-9-13(34)11(23)19(39-9)31-2-1-7-15(24)26-5-27-16(7)31/h1-2,5-6,8-11,13-14,19-20,33-34H,3-4H2,(H,36,42)(H2,24,26,27)(H3,25,29,30,35)/t8-,9-,10+,11+,13-,14?,19-,20-,41?/m1/s1. The van der Waals surface area contributed by atoms with Gasteiger partial charge in [-0.1, -0.05) is 0 Å². The van der Waals surface area contributed by atoms with Crippen molar-refractivity contribution in [2.75, 3.05) is 24.7 Å². The molecule has 42 heavy (non-hydrogen) atoms. The minimum Gasteiger partial charge on any atom is -0.394 e. The molecule has 0 radical (unpaired) electrons. The molecule has 2 aliphatic heterocycles. The Balaban J connectivity index is 1.19. The van der Waals surface area contributed by atoms with Crippen molar-refractivity contribution in [1.82, 2.24) is 34.1 Å². The third-order valence-corrected chi connectivity index (χ3v) is 8.49. The van der Waals surface area contributed by atoms with Crippen molar-refractivity contribution in [2.45, 2.75) is 49.2 Å². The fraction of sp³-hybridized carbons (Fsp3) is 0.476. The average molecular weight is 632 g/mol. The number of nitrogens with one attached hydrogen (secondary N) is 1. The Bertz CT molecular complexity index is 1740. The van der Waals surface area contributed by atoms with Crippen molar-refractivity contribution in [3.8, 4) is 0 Å². The van der Waals surface area contributed by atoms with E-state index in [1.54, 1.807) is 6.07 Å². The minimum absolute atomic E-state index is 0.0835. The SMILES string of the molecule is Nc1nc2c(ncn2[C@@H]2O[C@H](CO)[C@H](F)C2OP(O)(=S)OC[C@H]2O[C@@H](n3ccc4c(N)ncnc43)[C@@H](F)[C@@H]2O)c(=O)[nH]1. The number of nitrogen functional groups attached to an aromatic ring is 2. The van der Waals surface area contributed by atoms with E-state index < -0.39 is 74.7 Å². The van der Waals surface area contributed by atoms with Gasteiger partial charge in [0.25, 0.3) is 5.56 Å². The summed E-state index contributed by atoms with van der Waals surface area (Å²) in [7, 11) is 0. The Hall–Kier alpha value is -3.20. The van der Waals surface area contributed by atoms with Crippen LogP contribution in [0.1, 0.15) is 12.5 Å². The van der Waals surface area contributed by atoms with E-state index in [1.165, 1.54) is 17.1 Å². The Labute approximate surface area is 238 Å². The highest BCUT2D eigenvalue weighted by Gasteiger charge is 2.50. The lowest BCUT2D eigenvalue weighted by molar-refractivity contribution is -0.0552. The predicted octanol–water partition coefficient (Wildman–Crippen LogP) is -0.828. The molecule has 2 aliphatic rings. The number of fused-ring (bicyclic) bond motifs is 2. The Morgan fingerprint density at radius 2 is 1.88 bits per heavy atom. The zero-order chi connectivity index (χ0) is 29.9. The molecule has 0 aliphatic carbocycles. The number of aromatic nitrogens is 7. The van der Waals surface area contributed by atoms with Crippen LogP contribution in [-0.2, 0) is 30.3 Å². The van der Waals surface area contributed by atoms with Crippen LogP contribution in [0, 0.1) is 0 Å². The molecule has 21 heteroatoms. The quantitative estimate of drug-likeness (QED) is 0.130. The third-order valence-electron chi connectivity index (χ3n) is 6.93. The van der Waals surface area contributed by atoms with Crippen LogP contribution < -0.4 is 17.0 Å². The summed E-state index contributed by atoms with van der Waals surface area (Å²) in [5.41, 5.74) is 10.8. The Morgan fingerprint density at radius 3 is 2.64 bits per heavy atom. The lowest BCUT2D eigenvalue weighted by Crippen LogP contribution is -2.33. The van der Waals surface area contributed by atoms with Gasteiger partial charge >= 0.3 is 6.72 Å². The van der Waals surface area contributed by atoms with E-state index in [9.17, 15) is 19.9 Å². The van der Waals surface area contributed by atoms with Gasteiger partial charge in [0.15, 0.2) is 36.0 Å². The van der Waals surface area contributed by atoms with Gasteiger partial charge in [0.05, 0.1) is 24.9 Å². The molecule has 4 aromatic heterocycles. The van der Waals surface area contributed by atoms with Crippen LogP contribution in [0.4, 0.5) is 20.5 Å². The fourth-order valence-corrected chi connectivity index (χ4v) is 6.33. The van der Waals surface area contributed by atoms with Crippen LogP contribution in [0.25, 0.3) is 22.2 Å². The number of hydrogen-bond donors (Lipinski definition) is 6. The Kier molecular flexibility index (Phi) is 7.44. The molecule has 2 fully saturated rings. The molecule has 0 spiro atoms. The number of nitrogens with zero attached hydrogens (tertiary/aromatic N) is 6. The van der Waals surface area contributed by atoms with Crippen molar-refractivity contribution in [2.24, 2.45) is 0 Å². The number of hydrogen-bond acceptors (Lipinski definition) is 14. The summed E-state index contributed by atoms with van der Waals surface area (Å²) in [4.78, 5) is 41.2. The van der Waals surface area contributed by atoms with Gasteiger partial charge in [-0.25, -0.2) is 23.7 Å². The van der Waals surface area contributed by atoms with Crippen molar-refractivity contribution < 1.29 is 42.4 Å². The van der Waals surface area contributed by atoms with Gasteiger partial charge in [-0.3, -0.25) is 18.9 Å². The zero-order valence-electron chi connectivity index (χ0n) is 21.2. The number of imidazole rings is 1. The first kappa shape index (κ1) is 28.9. The molecule has 4 aromatic rings. The number of aliphatic hydroxyl groups excluding tert-OH is 2. The second-order valence-electron chi connectivity index (χ2n) is 9.52. The van der Waals surface area contributed by atoms with E-state index in [4.69, 9.17) is 41.8 Å². The van der Waals surface area contributed by atoms with E-state index in [0.29, 0.717) is 5.39 Å². The second-order valence-corrected chi connectivity index (χ2v) is 12.3. The van der Waals surface area contributed by atoms with Gasteiger partial charge in [-0.05, 0) is 17.9 Å². The highest BCUT2D eigenvalue weighted by molar-refractivity contribution is 8.07. The number of alkyl halides is 2. The van der Waals surface area contributed by atoms with E-state index >= 15 is 8.78 Å². The maximum absolute atomic E-state index is 15.3. The normalized spacial score (nSPS) is 31.3. The maximum Gasteiger partial charge on any atom is 0.325 e. The first-order valence-electron chi connectivity index (χ1n) is 12.3. The summed E-state index contributed by atoms with van der Waals surface area (Å²) in [6.07, 6.45) is -9.04. The molecule has 17 nitrogen and oxygen atoms in total. The number of rotatable bonds is 8. The number of aromatic amines is 1. The molecular formula is C21H24F2N9O8PS. The lowest BCUT2D eigenvalue weighted by Gasteiger charge is -2.26. The van der Waals surface area contributed by atoms with Crippen LogP contribution in [0.15, 0.2) is 29.7 Å². The number of anilines is 2. The van der Waals surface area contributed by atoms with Crippen molar-refractivity contribution in [3.63, 3.8) is 0 Å². The smallest absolute Gasteiger partial charge is 0.325 e. The van der Waals surface area contributed by atoms with Gasteiger partial charge in [0.2, 0.25) is 5.95 Å². The summed E-state index contributed by atoms with van der Waals surface area (Å²) in [6, 6.07) is 1.56. The summed E-state index contributed by atoms with van der Waals surface area (Å²) in [5.74, 6) is -0.0801. The molecule has 6 rings (SSSR count). The summed E-state index contributed by atoms with van der Waals surface area (Å²) in [5, 5.41) is 20.6. The predicted molar refractivity (Wildman–Crippen MR) is 143 cm³/mol. The van der Waals surface area contributed by atoms with Gasteiger partial charge in [0.1, 0.15) is 42.2 Å². The van der Waals surface area contributed by atoms with Crippen molar-refractivity contribution >= 4 is 52.5 Å². The summed E-state index contributed by atoms with van der Waals surface area (Å²) in [6.45, 7) is -5.73. The largest absolute Gasteiger partial charge is 0.394 e. The van der Waals surface area contributed by atoms with Crippen molar-refractivity contribution in [1.29, 1.82) is 0 Å². The molecule has 226 valence electrons. The van der Waals surface area contributed by atoms with E-state index in [-0.39, 0.29) is 28.6 Å². The van der Waals surface area contributed by atoms with Crippen molar-refractivity contribution in [3.05, 3.63) is 35.3 Å². The zero-order valence-corrected chi connectivity index (χ0v) is 22.9. The number of H-pyrrole nitrogens is 1. The molecule has 2 saturated heterocycles. The average Bonchev–Trinajstić information content (AvgIpc) is 3.69. The molecule has 0 aromatic carbocycles. The minimum atomic E-state index is -4.33. The topological polar surface area (TPSA) is 244 Å². The highest BCUT2D eigenvalue weighted by atomic mass is 32.5. The highest BCUT2D eigenvalue weighted by Crippen LogP contribution is 2.51. The molecule has 0 amide bonds. The number of ether oxygens (including phenoxy) is 2. The molecule has 2 unspecified atom stereocenters. The van der Waals surface area contributed by atoms with Crippen LogP contribution in [0.3, 0.4) is 0 Å². The number of halogens is 2. The van der Waals surface area contributed by atoms with Crippen LogP contribution >= 0.6 is 6.72 Å². The van der Waals surface area contributed by atoms with Gasteiger partial charge in [-0.2, -0.15) is 4.98 Å². The molecule has 6 heterocycles. The van der Waals surface area contributed by atoms with Gasteiger partial charge < -0.3 is 45.1 Å². The molecule has 9 atom stereocenters. The first-order valence-corrected chi connectivity index (χ1v) is 14.9. The van der Waals surface area contributed by atoms with Gasteiger partial charge in [0, 0.05) is 6.20 Å². The second kappa shape index (κ2) is 10.8. The third kappa shape index (κ3) is 4.93. The van der Waals surface area contributed by atoms with Crippen LogP contribution in [0.5, 0.6) is 0 Å². The maximum atomic E-state index is 15.3. The lowest BCUT2D eigenvalue weighted by atomic mass is 10.1. The molecular weight excluding hydrogens is 607 g/mol. The van der Waals surface area contributed by atoms with E-state index in [1.807, 2.05) is 0 Å². The number of nitrogens with two attached hydrogens (primary N) is 2. The van der Waals surface area contributed by atoms with E-state index in [2.05, 4.69) is 24.9 Å². The monoisotopic (exact) mass is 631 g/mol. The van der Waals surface area contributed by atoms with E-state index in [0.717, 1.165) is 10.9 Å².